The molecule has 1 aromatic carbocycles. The lowest BCUT2D eigenvalue weighted by atomic mass is 10.2. The van der Waals surface area contributed by atoms with E-state index in [4.69, 9.17) is 16.8 Å². The zero-order valence-corrected chi connectivity index (χ0v) is 14.5. The molecule has 10 nitrogen and oxygen atoms in total. The van der Waals surface area contributed by atoms with Crippen molar-refractivity contribution in [1.29, 1.82) is 5.26 Å². The molecule has 2 amide bonds. The number of carbonyl (C=O) groups excluding carboxylic acids is 2. The highest BCUT2D eigenvalue weighted by atomic mass is 16.4. The first kappa shape index (κ1) is 19.6. The number of nitrogens with zero attached hydrogens (tertiary/aromatic N) is 3. The van der Waals surface area contributed by atoms with Crippen molar-refractivity contribution in [3.63, 3.8) is 0 Å². The number of hydrogen-bond donors (Lipinski definition) is 4. The second kappa shape index (κ2) is 8.56. The summed E-state index contributed by atoms with van der Waals surface area (Å²) in [6.07, 6.45) is 6.47. The highest BCUT2D eigenvalue weighted by Crippen LogP contribution is 2.24. The van der Waals surface area contributed by atoms with Crippen molar-refractivity contribution in [3.05, 3.63) is 29.8 Å². The average Bonchev–Trinajstić information content (AvgIpc) is 3.26. The van der Waals surface area contributed by atoms with Crippen LogP contribution in [0.3, 0.4) is 0 Å². The predicted octanol–water partition coefficient (Wildman–Crippen LogP) is -0.652. The van der Waals surface area contributed by atoms with E-state index in [-0.39, 0.29) is 12.8 Å². The van der Waals surface area contributed by atoms with Crippen LogP contribution in [0.25, 0.3) is 0 Å². The maximum Gasteiger partial charge on any atom is 0.306 e. The number of anilines is 1. The molecule has 0 aliphatic carbocycles. The van der Waals surface area contributed by atoms with E-state index in [2.05, 4.69) is 21.9 Å². The smallest absolute Gasteiger partial charge is 0.306 e. The number of nitriles is 1. The summed E-state index contributed by atoms with van der Waals surface area (Å²) in [6.45, 7) is -0.345. The van der Waals surface area contributed by atoms with Crippen molar-refractivity contribution in [2.45, 2.75) is 18.8 Å². The second-order valence-corrected chi connectivity index (χ2v) is 5.68. The van der Waals surface area contributed by atoms with Gasteiger partial charge in [-0.3, -0.25) is 14.4 Å². The largest absolute Gasteiger partial charge is 0.481 e. The van der Waals surface area contributed by atoms with Crippen LogP contribution in [0.5, 0.6) is 0 Å². The quantitative estimate of drug-likeness (QED) is 0.269. The average molecular weight is 370 g/mol. The summed E-state index contributed by atoms with van der Waals surface area (Å²) < 4.78 is 0. The van der Waals surface area contributed by atoms with E-state index in [0.29, 0.717) is 11.3 Å². The fourth-order valence-electron chi connectivity index (χ4n) is 2.27. The molecule has 0 bridgehead atoms. The Morgan fingerprint density at radius 2 is 2.15 bits per heavy atom. The molecule has 0 radical (unpaired) electrons. The molecule has 1 saturated heterocycles. The second-order valence-electron chi connectivity index (χ2n) is 5.68. The summed E-state index contributed by atoms with van der Waals surface area (Å²) in [7, 11) is 1.74. The number of terminal acetylenes is 1. The Kier molecular flexibility index (Phi) is 6.20. The van der Waals surface area contributed by atoms with Gasteiger partial charge < -0.3 is 21.1 Å². The number of hydrazine groups is 1. The summed E-state index contributed by atoms with van der Waals surface area (Å²) in [4.78, 5) is 34.6. The lowest BCUT2D eigenvalue weighted by Crippen LogP contribution is -2.42. The molecule has 140 valence electrons. The van der Waals surface area contributed by atoms with Gasteiger partial charge in [-0.1, -0.05) is 12.0 Å². The number of benzene rings is 1. The number of carboxylic acids is 1. The molecule has 0 aromatic heterocycles. The van der Waals surface area contributed by atoms with Gasteiger partial charge in [-0.05, 0) is 18.2 Å². The number of hydrogen-bond acceptors (Lipinski definition) is 7. The van der Waals surface area contributed by atoms with E-state index >= 15 is 0 Å². The molecule has 1 aliphatic rings. The summed E-state index contributed by atoms with van der Waals surface area (Å²) in [5, 5.41) is 28.5. The van der Waals surface area contributed by atoms with Crippen molar-refractivity contribution in [3.8, 4) is 18.5 Å². The van der Waals surface area contributed by atoms with Crippen LogP contribution in [0.1, 0.15) is 16.8 Å². The van der Waals surface area contributed by atoms with Crippen molar-refractivity contribution < 1.29 is 19.5 Å². The number of nitrogens with one attached hydrogen (secondary N) is 3. The minimum absolute atomic E-state index is 0.269. The molecule has 1 aromatic rings. The minimum atomic E-state index is -1.14. The zero-order valence-electron chi connectivity index (χ0n) is 14.5. The van der Waals surface area contributed by atoms with Gasteiger partial charge in [-0.15, -0.1) is 6.42 Å². The molecule has 3 atom stereocenters. The Hall–Kier alpha value is -3.76. The Bertz CT molecular complexity index is 827. The number of carbonyl (C=O) groups is 3. The van der Waals surface area contributed by atoms with E-state index in [1.165, 1.54) is 5.01 Å². The van der Waals surface area contributed by atoms with Crippen LogP contribution >= 0.6 is 0 Å². The number of carboxylic acid groups (broad SMARTS) is 1. The molecule has 27 heavy (non-hydrogen) atoms. The fourth-order valence-corrected chi connectivity index (χ4v) is 2.27. The molecular formula is C17H18N6O4. The van der Waals surface area contributed by atoms with Crippen LogP contribution in [0.15, 0.2) is 24.3 Å². The molecular weight excluding hydrogens is 352 g/mol. The van der Waals surface area contributed by atoms with Crippen LogP contribution in [0.4, 0.5) is 5.69 Å². The van der Waals surface area contributed by atoms with Crippen LogP contribution in [-0.4, -0.2) is 58.8 Å². The van der Waals surface area contributed by atoms with Crippen LogP contribution in [0, 0.1) is 23.8 Å². The number of aliphatic carboxylic acids is 1. The van der Waals surface area contributed by atoms with Gasteiger partial charge in [0, 0.05) is 18.3 Å². The van der Waals surface area contributed by atoms with Gasteiger partial charge in [0.25, 0.3) is 5.91 Å². The predicted molar refractivity (Wildman–Crippen MR) is 94.4 cm³/mol. The number of rotatable bonds is 8. The standard InChI is InChI=1S/C17H18N6O4/c1-3-12(8-15(25)26)20-14(24)9-19-16(27)11-5-4-6-13(7-11)21-17-22(2)23(17)10-18/h1,4-7,12,17,21H,8-9H2,2H3,(H,19,27)(H,20,24)(H,25,26)/t12-,17?,22?,23?/m1/s1. The third-order valence-electron chi connectivity index (χ3n) is 3.72. The first-order chi connectivity index (χ1) is 12.8. The first-order valence-corrected chi connectivity index (χ1v) is 7.89. The van der Waals surface area contributed by atoms with E-state index in [0.717, 1.165) is 0 Å². The van der Waals surface area contributed by atoms with Crippen molar-refractivity contribution in [2.24, 2.45) is 0 Å². The van der Waals surface area contributed by atoms with Gasteiger partial charge in [0.05, 0.1) is 13.0 Å². The zero-order chi connectivity index (χ0) is 20.0. The van der Waals surface area contributed by atoms with Gasteiger partial charge in [0.1, 0.15) is 6.04 Å². The van der Waals surface area contributed by atoms with E-state index < -0.39 is 30.2 Å². The first-order valence-electron chi connectivity index (χ1n) is 7.89. The Balaban J connectivity index is 1.86. The van der Waals surface area contributed by atoms with Crippen LogP contribution in [0.2, 0.25) is 0 Å². The molecule has 0 spiro atoms. The molecule has 1 aliphatic heterocycles. The Morgan fingerprint density at radius 1 is 1.41 bits per heavy atom. The van der Waals surface area contributed by atoms with Crippen molar-refractivity contribution in [1.82, 2.24) is 20.7 Å². The molecule has 0 saturated carbocycles. The van der Waals surface area contributed by atoms with Crippen molar-refractivity contribution >= 4 is 23.5 Å². The van der Waals surface area contributed by atoms with E-state index in [1.54, 1.807) is 36.3 Å². The number of amides is 2. The van der Waals surface area contributed by atoms with Crippen LogP contribution in [-0.2, 0) is 9.59 Å². The highest BCUT2D eigenvalue weighted by Gasteiger charge is 2.41. The van der Waals surface area contributed by atoms with Gasteiger partial charge in [0.15, 0.2) is 12.5 Å². The summed E-state index contributed by atoms with van der Waals surface area (Å²) in [6, 6.07) is 5.62. The van der Waals surface area contributed by atoms with Gasteiger partial charge in [0.2, 0.25) is 5.91 Å². The minimum Gasteiger partial charge on any atom is -0.481 e. The van der Waals surface area contributed by atoms with E-state index in [9.17, 15) is 14.4 Å². The Morgan fingerprint density at radius 3 is 2.74 bits per heavy atom. The molecule has 10 heteroatoms. The third-order valence-corrected chi connectivity index (χ3v) is 3.72. The topological polar surface area (TPSA) is 137 Å². The van der Waals surface area contributed by atoms with Gasteiger partial charge >= 0.3 is 5.97 Å². The lowest BCUT2D eigenvalue weighted by Gasteiger charge is -2.12. The molecule has 4 N–H and O–H groups in total. The van der Waals surface area contributed by atoms with Gasteiger partial charge in [-0.2, -0.15) is 15.3 Å². The monoisotopic (exact) mass is 370 g/mol. The van der Waals surface area contributed by atoms with E-state index in [1.807, 2.05) is 6.19 Å². The summed E-state index contributed by atoms with van der Waals surface area (Å²) in [5.74, 6) is -0.0463. The molecule has 1 heterocycles. The molecule has 1 fully saturated rings. The highest BCUT2D eigenvalue weighted by molar-refractivity contribution is 5.97. The molecule has 2 rings (SSSR count). The van der Waals surface area contributed by atoms with Crippen LogP contribution < -0.4 is 16.0 Å². The van der Waals surface area contributed by atoms with Crippen molar-refractivity contribution in [2.75, 3.05) is 18.9 Å². The van der Waals surface area contributed by atoms with Gasteiger partial charge in [-0.25, -0.2) is 0 Å². The molecule has 2 unspecified atom stereocenters. The maximum absolute atomic E-state index is 12.2. The third kappa shape index (κ3) is 5.36. The lowest BCUT2D eigenvalue weighted by molar-refractivity contribution is -0.137. The normalized spacial score (nSPS) is 18.4. The fraction of sp³-hybridized carbons (Fsp3) is 0.294. The summed E-state index contributed by atoms with van der Waals surface area (Å²) in [5.41, 5.74) is 0.953. The Labute approximate surface area is 155 Å². The SMILES string of the molecule is C#C[C@H](CC(=O)O)NC(=O)CNC(=O)c1cccc(NC2N(C)N2C#N)c1. The maximum atomic E-state index is 12.2. The summed E-state index contributed by atoms with van der Waals surface area (Å²) >= 11 is 0.